The quantitative estimate of drug-likeness (QED) is 0.0831. The summed E-state index contributed by atoms with van der Waals surface area (Å²) in [6.07, 6.45) is 1.91. The zero-order valence-electron chi connectivity index (χ0n) is 35.9. The van der Waals surface area contributed by atoms with Crippen molar-refractivity contribution in [1.29, 1.82) is 0 Å². The summed E-state index contributed by atoms with van der Waals surface area (Å²) in [5.41, 5.74) is 9.07. The number of carbonyl (C=O) groups is 3. The predicted octanol–water partition coefficient (Wildman–Crippen LogP) is 7.16. The normalized spacial score (nSPS) is 18.7. The number of amides is 2. The molecule has 5 aromatic carbocycles. The van der Waals surface area contributed by atoms with Gasteiger partial charge in [-0.05, 0) is 53.5 Å². The molecular formula is C52H44N5O7S2+. The molecule has 12 nitrogen and oxygen atoms in total. The van der Waals surface area contributed by atoms with Gasteiger partial charge in [-0.3, -0.25) is 14.5 Å². The molecule has 2 N–H and O–H groups in total. The lowest BCUT2D eigenvalue weighted by Crippen LogP contribution is -2.70. The Hall–Kier alpha value is -7.00. The molecule has 0 bridgehead atoms. The second-order valence-corrected chi connectivity index (χ2v) is 20.1. The van der Waals surface area contributed by atoms with Gasteiger partial charge in [-0.25, -0.2) is 13.2 Å². The number of rotatable bonds is 10. The molecular weight excluding hydrogens is 871 g/mol. The molecule has 0 aromatic heterocycles. The highest BCUT2D eigenvalue weighted by Crippen LogP contribution is 2.46. The molecule has 2 amide bonds. The van der Waals surface area contributed by atoms with Crippen LogP contribution in [0.1, 0.15) is 16.7 Å². The number of benzene rings is 6. The van der Waals surface area contributed by atoms with Gasteiger partial charge in [-0.2, -0.15) is 8.88 Å². The highest BCUT2D eigenvalue weighted by atomic mass is 32.2. The summed E-state index contributed by atoms with van der Waals surface area (Å²) in [6, 6.07) is 44.0. The zero-order valence-corrected chi connectivity index (χ0v) is 37.5. The van der Waals surface area contributed by atoms with Crippen molar-refractivity contribution in [3.63, 3.8) is 0 Å². The molecule has 330 valence electrons. The van der Waals surface area contributed by atoms with E-state index < -0.39 is 33.3 Å². The van der Waals surface area contributed by atoms with Crippen molar-refractivity contribution < 1.29 is 32.3 Å². The minimum atomic E-state index is -4.31. The van der Waals surface area contributed by atoms with E-state index in [4.69, 9.17) is 4.42 Å². The summed E-state index contributed by atoms with van der Waals surface area (Å²) >= 11 is 1.30. The first-order valence-electron chi connectivity index (χ1n) is 21.9. The number of carboxylic acids is 1. The van der Waals surface area contributed by atoms with E-state index in [1.165, 1.54) is 34.8 Å². The number of aliphatic carboxylic acids is 1. The van der Waals surface area contributed by atoms with Crippen LogP contribution < -0.4 is 20.1 Å². The second-order valence-electron chi connectivity index (χ2n) is 17.0. The Kier molecular flexibility index (Phi) is 10.4. The summed E-state index contributed by atoms with van der Waals surface area (Å²) in [7, 11) is -2.88. The first kappa shape index (κ1) is 41.7. The molecule has 2 atom stereocenters. The molecule has 6 aliphatic rings. The van der Waals surface area contributed by atoms with Crippen LogP contribution in [0.2, 0.25) is 0 Å². The third-order valence-corrected chi connectivity index (χ3v) is 16.3. The summed E-state index contributed by atoms with van der Waals surface area (Å²) < 4.78 is 40.2. The van der Waals surface area contributed by atoms with E-state index >= 15 is 0 Å². The van der Waals surface area contributed by atoms with Crippen LogP contribution in [-0.2, 0) is 43.7 Å². The molecule has 1 saturated heterocycles. The van der Waals surface area contributed by atoms with Gasteiger partial charge in [0, 0.05) is 89.5 Å². The Morgan fingerprint density at radius 3 is 2.45 bits per heavy atom. The van der Waals surface area contributed by atoms with Gasteiger partial charge in [0.2, 0.25) is 27.0 Å². The molecule has 5 heterocycles. The Bertz CT molecular complexity index is 3350. The molecule has 0 spiro atoms. The van der Waals surface area contributed by atoms with Crippen molar-refractivity contribution in [1.82, 2.24) is 19.1 Å². The fraction of sp³-hybridized carbons (Fsp3) is 0.192. The van der Waals surface area contributed by atoms with E-state index in [-0.39, 0.29) is 40.8 Å². The van der Waals surface area contributed by atoms with Crippen molar-refractivity contribution in [2.45, 2.75) is 35.6 Å². The van der Waals surface area contributed by atoms with E-state index in [1.807, 2.05) is 72.8 Å². The number of para-hydroxylation sites is 2. The number of nitrogens with one attached hydrogen (secondary N) is 1. The Morgan fingerprint density at radius 1 is 0.864 bits per heavy atom. The van der Waals surface area contributed by atoms with Crippen LogP contribution >= 0.6 is 11.8 Å². The number of fused-ring (bicyclic) bond motifs is 5. The number of nitrogens with zero attached hydrogens (tertiary/aromatic N) is 4. The zero-order chi connectivity index (χ0) is 45.3. The molecule has 0 saturated carbocycles. The van der Waals surface area contributed by atoms with Crippen LogP contribution in [0.3, 0.4) is 0 Å². The smallest absolute Gasteiger partial charge is 0.352 e. The van der Waals surface area contributed by atoms with Gasteiger partial charge in [-0.1, -0.05) is 84.9 Å². The third kappa shape index (κ3) is 7.07. The van der Waals surface area contributed by atoms with E-state index in [0.717, 1.165) is 69.2 Å². The summed E-state index contributed by atoms with van der Waals surface area (Å²) in [5, 5.41) is 14.3. The van der Waals surface area contributed by atoms with E-state index in [2.05, 4.69) is 63.3 Å². The van der Waals surface area contributed by atoms with Crippen LogP contribution in [0.25, 0.3) is 33.4 Å². The maximum Gasteiger partial charge on any atom is 0.352 e. The third-order valence-electron chi connectivity index (χ3n) is 13.1. The van der Waals surface area contributed by atoms with Crippen LogP contribution in [0.5, 0.6) is 0 Å². The minimum Gasteiger partial charge on any atom is -0.477 e. The number of hydrogen-bond donors (Lipinski definition) is 2. The van der Waals surface area contributed by atoms with E-state index in [1.54, 1.807) is 18.2 Å². The fourth-order valence-corrected chi connectivity index (χ4v) is 12.6. The lowest BCUT2D eigenvalue weighted by Gasteiger charge is -2.49. The predicted molar refractivity (Wildman–Crippen MR) is 255 cm³/mol. The maximum atomic E-state index is 15.0. The highest BCUT2D eigenvalue weighted by Gasteiger charge is 2.54. The lowest BCUT2D eigenvalue weighted by molar-refractivity contribution is -0.150. The Labute approximate surface area is 385 Å². The molecule has 5 aliphatic heterocycles. The largest absolute Gasteiger partial charge is 0.477 e. The van der Waals surface area contributed by atoms with Crippen molar-refractivity contribution in [2.24, 2.45) is 0 Å². The first-order chi connectivity index (χ1) is 32.0. The van der Waals surface area contributed by atoms with Gasteiger partial charge < -0.3 is 19.7 Å². The van der Waals surface area contributed by atoms with Crippen LogP contribution in [0, 0.1) is 0 Å². The fourth-order valence-electron chi connectivity index (χ4n) is 9.94. The van der Waals surface area contributed by atoms with Crippen LogP contribution in [0.4, 0.5) is 17.1 Å². The van der Waals surface area contributed by atoms with Crippen molar-refractivity contribution in [3.8, 4) is 22.5 Å². The number of carboxylic acid groups (broad SMARTS) is 1. The average molecular weight is 915 g/mol. The molecule has 14 heteroatoms. The molecule has 1 aliphatic carbocycles. The summed E-state index contributed by atoms with van der Waals surface area (Å²) in [4.78, 5) is 42.8. The van der Waals surface area contributed by atoms with Gasteiger partial charge in [0.05, 0.1) is 17.4 Å². The molecule has 5 aromatic rings. The van der Waals surface area contributed by atoms with Crippen LogP contribution in [-0.4, -0.2) is 84.4 Å². The first-order valence-corrected chi connectivity index (χ1v) is 24.4. The molecule has 1 fully saturated rings. The highest BCUT2D eigenvalue weighted by molar-refractivity contribution is 8.00. The Balaban J connectivity index is 0.966. The van der Waals surface area contributed by atoms with Gasteiger partial charge >= 0.3 is 5.97 Å². The van der Waals surface area contributed by atoms with Crippen molar-refractivity contribution in [2.75, 3.05) is 37.3 Å². The lowest BCUT2D eigenvalue weighted by atomic mass is 9.93. The monoisotopic (exact) mass is 914 g/mol. The van der Waals surface area contributed by atoms with Gasteiger partial charge in [0.15, 0.2) is 6.54 Å². The molecule has 66 heavy (non-hydrogen) atoms. The SMILES string of the molecule is CN(CC1=C(C(=O)O)N2C(=O)[C@@H](NC(=O)Cc3ccccc3)[C@H]2SC1)S(=O)(=O)c1ccccc1-c1c2ccc(=[N+]3CCc4ccccc43)cc-2oc2cc(N3CCc4ccccc43)ccc12. The maximum absolute atomic E-state index is 15.0. The minimum absolute atomic E-state index is 0.0384. The average Bonchev–Trinajstić information content (AvgIpc) is 3.97. The number of β-lactam (4-membered cyclic amide) rings is 1. The van der Waals surface area contributed by atoms with Crippen molar-refractivity contribution in [3.05, 3.63) is 173 Å². The number of thioether (sulfide) groups is 1. The summed E-state index contributed by atoms with van der Waals surface area (Å²) in [6.45, 7) is 1.35. The standard InChI is InChI=1S/C52H43N5O7S2/c1-54(30-35-31-65-51-48(50(59)57(51)49(35)52(60)61)53-46(58)27-32-11-3-2-4-12-32)66(62,63)45-18-10-7-15-40(45)47-38-21-19-36(55-25-23-33-13-5-8-16-41(33)55)28-43(38)64-44-29-37(20-22-39(44)47)56-26-24-34-14-6-9-17-42(34)56/h2-22,28-29,48,51H,23-27,30-31H2,1H3,(H-,53,58,60,61)/p+1/t48-,51-/m1/s1. The van der Waals surface area contributed by atoms with Gasteiger partial charge in [0.1, 0.15) is 28.5 Å². The number of anilines is 2. The van der Waals surface area contributed by atoms with Gasteiger partial charge in [-0.15, -0.1) is 11.8 Å². The second kappa shape index (κ2) is 16.5. The Morgan fingerprint density at radius 2 is 1.62 bits per heavy atom. The van der Waals surface area contributed by atoms with Crippen LogP contribution in [0.15, 0.2) is 160 Å². The number of hydrogen-bond acceptors (Lipinski definition) is 8. The summed E-state index contributed by atoms with van der Waals surface area (Å²) in [5.74, 6) is -1.51. The van der Waals surface area contributed by atoms with E-state index in [0.29, 0.717) is 22.5 Å². The molecule has 11 rings (SSSR count). The molecule has 0 unspecified atom stereocenters. The number of carbonyl (C=O) groups excluding carboxylic acids is 2. The number of sulfonamides is 1. The van der Waals surface area contributed by atoms with Gasteiger partial charge in [0.25, 0.3) is 5.91 Å². The van der Waals surface area contributed by atoms with Crippen molar-refractivity contribution >= 4 is 67.6 Å². The number of likely N-dealkylation sites (N-methyl/N-ethyl adjacent to an activating group) is 1. The topological polar surface area (TPSA) is 143 Å². The molecule has 0 radical (unpaired) electrons. The van der Waals surface area contributed by atoms with E-state index in [9.17, 15) is 27.9 Å².